The fourth-order valence-electron chi connectivity index (χ4n) is 5.91. The fourth-order valence-corrected chi connectivity index (χ4v) is 5.91. The van der Waals surface area contributed by atoms with Crippen LogP contribution in [0.2, 0.25) is 0 Å². The maximum absolute atomic E-state index is 14.3. The van der Waals surface area contributed by atoms with Gasteiger partial charge in [0.1, 0.15) is 54.5 Å². The zero-order valence-corrected chi connectivity index (χ0v) is 28.3. The number of hydrogen-bond acceptors (Lipinski definition) is 10. The van der Waals surface area contributed by atoms with E-state index in [0.717, 1.165) is 39.1 Å². The minimum Gasteiger partial charge on any atom is -0.490 e. The highest BCUT2D eigenvalue weighted by atomic mass is 19.1. The summed E-state index contributed by atoms with van der Waals surface area (Å²) in [5, 5.41) is 42.8. The van der Waals surface area contributed by atoms with Crippen LogP contribution in [0.5, 0.6) is 11.5 Å². The average Bonchev–Trinajstić information content (AvgIpc) is 3.09. The van der Waals surface area contributed by atoms with Gasteiger partial charge in [0.05, 0.1) is 24.3 Å². The molecule has 0 spiro atoms. The summed E-state index contributed by atoms with van der Waals surface area (Å²) in [7, 11) is 0. The van der Waals surface area contributed by atoms with E-state index in [1.165, 1.54) is 17.0 Å². The van der Waals surface area contributed by atoms with Gasteiger partial charge in [0.15, 0.2) is 0 Å². The molecule has 1 heterocycles. The Balaban J connectivity index is 1.54. The summed E-state index contributed by atoms with van der Waals surface area (Å²) >= 11 is 0. The number of nitrogens with zero attached hydrogens (tertiary/aromatic N) is 2. The fraction of sp³-hybridized carbons (Fsp3) is 0.289. The molecule has 1 unspecified atom stereocenters. The van der Waals surface area contributed by atoms with Gasteiger partial charge in [-0.3, -0.25) is 19.9 Å². The Kier molecular flexibility index (Phi) is 12.2. The molecule has 12 nitrogen and oxygen atoms in total. The molecule has 0 saturated heterocycles. The van der Waals surface area contributed by atoms with Crippen LogP contribution in [0.4, 0.5) is 10.1 Å². The van der Waals surface area contributed by atoms with Crippen molar-refractivity contribution in [3.05, 3.63) is 95.1 Å². The van der Waals surface area contributed by atoms with E-state index >= 15 is 0 Å². The highest BCUT2D eigenvalue weighted by Gasteiger charge is 2.25. The predicted molar refractivity (Wildman–Crippen MR) is 189 cm³/mol. The second-order valence-electron chi connectivity index (χ2n) is 11.7. The molecule has 5 N–H and O–H groups in total. The van der Waals surface area contributed by atoms with E-state index in [0.29, 0.717) is 23.5 Å². The number of rotatable bonds is 17. The minimum atomic E-state index is -1.22. The number of aliphatic hydroxyl groups excluding tert-OH is 2. The van der Waals surface area contributed by atoms with Crippen molar-refractivity contribution in [3.8, 4) is 33.9 Å². The van der Waals surface area contributed by atoms with Gasteiger partial charge in [0.25, 0.3) is 0 Å². The molecule has 3 aromatic rings. The van der Waals surface area contributed by atoms with Crippen LogP contribution >= 0.6 is 0 Å². The lowest BCUT2D eigenvalue weighted by Crippen LogP contribution is -2.32. The Morgan fingerprint density at radius 2 is 1.73 bits per heavy atom. The van der Waals surface area contributed by atoms with Gasteiger partial charge in [-0.1, -0.05) is 24.3 Å². The number of fused-ring (bicyclic) bond motifs is 2. The van der Waals surface area contributed by atoms with Crippen molar-refractivity contribution >= 4 is 28.6 Å². The molecular weight excluding hydrogens is 661 g/mol. The van der Waals surface area contributed by atoms with Crippen LogP contribution in [0.1, 0.15) is 24.1 Å². The summed E-state index contributed by atoms with van der Waals surface area (Å²) in [6, 6.07) is 19.3. The van der Waals surface area contributed by atoms with Crippen LogP contribution in [-0.2, 0) is 9.59 Å². The Bertz CT molecular complexity index is 2050. The first-order chi connectivity index (χ1) is 24.6. The first kappa shape index (κ1) is 36.8. The first-order valence-corrected chi connectivity index (χ1v) is 16.4. The Labute approximate surface area is 293 Å². The number of carboxylic acids is 2. The lowest BCUT2D eigenvalue weighted by Gasteiger charge is -2.24. The second kappa shape index (κ2) is 16.9. The number of aryl methyl sites for hydroxylation is 1. The molecule has 268 valence electrons. The molecule has 3 aromatic carbocycles. The minimum absolute atomic E-state index is 0.0181. The van der Waals surface area contributed by atoms with Crippen molar-refractivity contribution < 1.29 is 48.3 Å². The molecule has 51 heavy (non-hydrogen) atoms. The van der Waals surface area contributed by atoms with Crippen LogP contribution < -0.4 is 25.0 Å². The van der Waals surface area contributed by atoms with E-state index in [4.69, 9.17) is 13.9 Å². The van der Waals surface area contributed by atoms with Crippen LogP contribution in [-0.4, -0.2) is 85.0 Å². The van der Waals surface area contributed by atoms with Gasteiger partial charge in [-0.05, 0) is 61.4 Å². The normalized spacial score (nSPS) is 12.3. The summed E-state index contributed by atoms with van der Waals surface area (Å²) in [6.45, 7) is 3.22. The first-order valence-electron chi connectivity index (χ1n) is 16.4. The summed E-state index contributed by atoms with van der Waals surface area (Å²) in [4.78, 5) is 29.7. The monoisotopic (exact) mass is 701 g/mol. The Hall–Kier alpha value is -5.50. The number of benzene rings is 4. The summed E-state index contributed by atoms with van der Waals surface area (Å²) in [5.74, 6) is -2.03. The van der Waals surface area contributed by atoms with Gasteiger partial charge in [0, 0.05) is 53.8 Å². The Morgan fingerprint density at radius 3 is 2.43 bits per heavy atom. The van der Waals surface area contributed by atoms with Crippen molar-refractivity contribution in [1.82, 2.24) is 5.32 Å². The largest absolute Gasteiger partial charge is 0.490 e. The van der Waals surface area contributed by atoms with Gasteiger partial charge in [-0.2, -0.15) is 0 Å². The molecule has 0 saturated carbocycles. The molecular formula is C38H40FN3O9. The maximum Gasteiger partial charge on any atom is 0.325 e. The van der Waals surface area contributed by atoms with Gasteiger partial charge < -0.3 is 39.2 Å². The van der Waals surface area contributed by atoms with E-state index in [9.17, 15) is 34.4 Å². The second-order valence-corrected chi connectivity index (χ2v) is 11.7. The van der Waals surface area contributed by atoms with Crippen LogP contribution in [0.25, 0.3) is 33.4 Å². The Morgan fingerprint density at radius 1 is 0.941 bits per heavy atom. The predicted octanol–water partition coefficient (Wildman–Crippen LogP) is 4.62. The molecule has 0 amide bonds. The van der Waals surface area contributed by atoms with E-state index in [2.05, 4.69) is 10.3 Å². The maximum atomic E-state index is 14.3. The van der Waals surface area contributed by atoms with Crippen LogP contribution in [0, 0.1) is 12.7 Å². The van der Waals surface area contributed by atoms with E-state index in [-0.39, 0.29) is 56.7 Å². The molecule has 0 bridgehead atoms. The van der Waals surface area contributed by atoms with Crippen molar-refractivity contribution in [1.29, 1.82) is 0 Å². The van der Waals surface area contributed by atoms with Crippen molar-refractivity contribution in [2.75, 3.05) is 57.5 Å². The number of ether oxygens (including phenoxy) is 2. The van der Waals surface area contributed by atoms with Crippen LogP contribution in [0.15, 0.2) is 82.2 Å². The highest BCUT2D eigenvalue weighted by Crippen LogP contribution is 2.42. The number of hydrogen-bond donors (Lipinski definition) is 5. The number of aliphatic hydroxyl groups is 2. The zero-order valence-electron chi connectivity index (χ0n) is 28.3. The molecule has 0 aromatic heterocycles. The molecule has 0 radical (unpaired) electrons. The lowest BCUT2D eigenvalue weighted by atomic mass is 9.91. The average molecular weight is 702 g/mol. The molecule has 1 aliphatic carbocycles. The third-order valence-corrected chi connectivity index (χ3v) is 8.08. The smallest absolute Gasteiger partial charge is 0.325 e. The van der Waals surface area contributed by atoms with Crippen molar-refractivity contribution in [2.24, 2.45) is 4.99 Å². The third-order valence-electron chi connectivity index (χ3n) is 8.08. The zero-order chi connectivity index (χ0) is 36.5. The topological polar surface area (TPSA) is 174 Å². The van der Waals surface area contributed by atoms with Gasteiger partial charge in [-0.25, -0.2) is 4.39 Å². The third kappa shape index (κ3) is 8.81. The summed E-state index contributed by atoms with van der Waals surface area (Å²) < 4.78 is 32.7. The van der Waals surface area contributed by atoms with E-state index < -0.39 is 30.3 Å². The number of carboxylic acid groups (broad SMARTS) is 2. The number of carbonyl (C=O) groups is 2. The molecule has 5 rings (SSSR count). The van der Waals surface area contributed by atoms with Gasteiger partial charge in [-0.15, -0.1) is 0 Å². The number of anilines is 1. The van der Waals surface area contributed by atoms with Crippen molar-refractivity contribution in [3.63, 3.8) is 0 Å². The molecule has 2 aliphatic rings. The van der Waals surface area contributed by atoms with E-state index in [1.54, 1.807) is 12.1 Å². The standard InChI is InChI=1S/C38H40FN3O9/c1-3-40-26-7-10-28-33(21-26)51-32-18-23(2)4-8-27(32)36(28)24-5-9-29(37(38(47)48)41-12-14-43)31(19-24)49-16-17-50-34-20-25(39)6-11-30(34)42(13-15-44)22-35(45)46/h4-11,18-21,37,41,43-44H,3,12-17,22H2,1-2H3,(H,45,46)(H,47,48)/b40-26-. The molecule has 0 fully saturated rings. The molecule has 1 atom stereocenters. The molecule has 13 heteroatoms. The highest BCUT2D eigenvalue weighted by molar-refractivity contribution is 6.02. The van der Waals surface area contributed by atoms with Gasteiger partial charge in [0.2, 0.25) is 0 Å². The van der Waals surface area contributed by atoms with Crippen LogP contribution in [0.3, 0.4) is 0 Å². The SMILES string of the molecule is CC/N=c1/ccc2c(-c3ccc(C(NCCO)C(=O)O)c(OCCOc4cc(F)ccc4N(CCO)CC(=O)O)c3)c3ccc(C)cc3oc-2c1. The summed E-state index contributed by atoms with van der Waals surface area (Å²) in [6.07, 6.45) is 0. The molecule has 1 aliphatic heterocycles. The number of aliphatic carboxylic acids is 2. The lowest BCUT2D eigenvalue weighted by molar-refractivity contribution is -0.140. The van der Waals surface area contributed by atoms with E-state index in [1.807, 2.05) is 56.3 Å². The van der Waals surface area contributed by atoms with Crippen molar-refractivity contribution in [2.45, 2.75) is 19.9 Å². The number of nitrogens with one attached hydrogen (secondary N) is 1. The number of halogens is 1. The quantitative estimate of drug-likeness (QED) is 0.0676. The van der Waals surface area contributed by atoms with Gasteiger partial charge >= 0.3 is 11.9 Å². The summed E-state index contributed by atoms with van der Waals surface area (Å²) in [5.41, 5.74) is 4.60.